The number of benzene rings is 2. The van der Waals surface area contributed by atoms with Crippen molar-refractivity contribution >= 4 is 60.3 Å². The number of nitrogens with zero attached hydrogens (tertiary/aromatic N) is 4. The fraction of sp³-hybridized carbons (Fsp3) is 0.417. The molecule has 5 heterocycles. The molecule has 0 radical (unpaired) electrons. The highest BCUT2D eigenvalue weighted by Crippen LogP contribution is 2.50. The molecule has 0 saturated carbocycles. The Hall–Kier alpha value is -3.96. The number of rotatable bonds is 8. The molecule has 0 aliphatic carbocycles. The van der Waals surface area contributed by atoms with Gasteiger partial charge in [-0.2, -0.15) is 24.0 Å². The second kappa shape index (κ2) is 14.3. The van der Waals surface area contributed by atoms with Gasteiger partial charge in [-0.3, -0.25) is 4.90 Å². The second-order valence-electron chi connectivity index (χ2n) is 12.6. The summed E-state index contributed by atoms with van der Waals surface area (Å²) in [6, 6.07) is 4.27. The summed E-state index contributed by atoms with van der Waals surface area (Å²) in [6.45, 7) is 12.6. The Labute approximate surface area is 297 Å². The Bertz CT molecular complexity index is 2080. The predicted molar refractivity (Wildman–Crippen MR) is 193 cm³/mol. The van der Waals surface area contributed by atoms with E-state index >= 15 is 4.39 Å². The summed E-state index contributed by atoms with van der Waals surface area (Å²) < 4.78 is 65.6. The minimum Gasteiger partial charge on any atom is -0.461 e. The number of ether oxygens (including phenoxy) is 1. The molecule has 8 nitrogen and oxygen atoms in total. The van der Waals surface area contributed by atoms with Gasteiger partial charge in [0.2, 0.25) is 0 Å². The first-order chi connectivity index (χ1) is 24.1. The predicted octanol–water partition coefficient (Wildman–Crippen LogP) is 8.89. The van der Waals surface area contributed by atoms with Gasteiger partial charge in [-0.05, 0) is 62.4 Å². The fourth-order valence-corrected chi connectivity index (χ4v) is 8.78. The van der Waals surface area contributed by atoms with Crippen LogP contribution in [-0.4, -0.2) is 59.2 Å². The molecule has 0 bridgehead atoms. The average Bonchev–Trinajstić information content (AvgIpc) is 3.74. The third-order valence-corrected chi connectivity index (χ3v) is 11.0. The van der Waals surface area contributed by atoms with Crippen molar-refractivity contribution < 1.29 is 22.3 Å². The van der Waals surface area contributed by atoms with Crippen LogP contribution >= 0.6 is 22.9 Å². The van der Waals surface area contributed by atoms with Gasteiger partial charge in [0.1, 0.15) is 34.8 Å². The molecule has 14 heteroatoms. The average molecular weight is 728 g/mol. The van der Waals surface area contributed by atoms with Gasteiger partial charge in [-0.15, -0.1) is 11.3 Å². The molecule has 2 atom stereocenters. The van der Waals surface area contributed by atoms with Gasteiger partial charge >= 0.3 is 6.01 Å². The van der Waals surface area contributed by atoms with E-state index < -0.39 is 23.3 Å². The normalized spacial score (nSPS) is 19.9. The van der Waals surface area contributed by atoms with E-state index in [1.807, 2.05) is 24.8 Å². The third-order valence-electron chi connectivity index (χ3n) is 9.61. The van der Waals surface area contributed by atoms with Crippen LogP contribution < -0.4 is 21.1 Å². The number of nitrogen functional groups attached to an aromatic ring is 1. The number of hydrogen-bond acceptors (Lipinski definition) is 9. The molecule has 0 amide bonds. The highest BCUT2D eigenvalue weighted by Gasteiger charge is 2.48. The molecule has 0 spiro atoms. The summed E-state index contributed by atoms with van der Waals surface area (Å²) in [6.07, 6.45) is 1.36. The molecule has 1 unspecified atom stereocenters. The quantitative estimate of drug-likeness (QED) is 0.122. The summed E-state index contributed by atoms with van der Waals surface area (Å²) in [4.78, 5) is 11.2. The number of nitrogens with one attached hydrogen (secondary N) is 2. The van der Waals surface area contributed by atoms with E-state index in [9.17, 15) is 18.4 Å². The van der Waals surface area contributed by atoms with Crippen molar-refractivity contribution in [3.63, 3.8) is 0 Å². The molecule has 3 aliphatic rings. The lowest BCUT2D eigenvalue weighted by atomic mass is 9.91. The highest BCUT2D eigenvalue weighted by molar-refractivity contribution is 7.23. The van der Waals surface area contributed by atoms with Gasteiger partial charge in [0, 0.05) is 41.2 Å². The van der Waals surface area contributed by atoms with Crippen molar-refractivity contribution in [2.75, 3.05) is 43.8 Å². The van der Waals surface area contributed by atoms with Gasteiger partial charge < -0.3 is 21.1 Å². The first kappa shape index (κ1) is 35.9. The summed E-state index contributed by atoms with van der Waals surface area (Å²) in [5.74, 6) is -1.13. The van der Waals surface area contributed by atoms with Gasteiger partial charge in [-0.1, -0.05) is 45.0 Å². The van der Waals surface area contributed by atoms with Crippen LogP contribution in [0.5, 0.6) is 6.01 Å². The summed E-state index contributed by atoms with van der Waals surface area (Å²) in [5, 5.41) is 17.3. The lowest BCUT2D eigenvalue weighted by Crippen LogP contribution is -2.43. The van der Waals surface area contributed by atoms with E-state index in [0.29, 0.717) is 48.3 Å². The van der Waals surface area contributed by atoms with Crippen LogP contribution in [0.4, 0.5) is 28.4 Å². The van der Waals surface area contributed by atoms with Crippen molar-refractivity contribution in [2.24, 2.45) is 0 Å². The zero-order valence-corrected chi connectivity index (χ0v) is 29.7. The summed E-state index contributed by atoms with van der Waals surface area (Å²) >= 11 is 8.00. The highest BCUT2D eigenvalue weighted by atomic mass is 35.5. The standard InChI is InChI=1S/C34H32ClF4N7OS.C2H6/c1-3-8-42-13-18-10-16(2)22-25-28(27(37)24(26(22)35)19-5-6-21(36)29-23(19)20(12-40)31(41)48-29)44-33(45-32(25)43-18)47-15-34-7-4-9-46(34)14-17(11-34)30(38)39;1-2/h5-6,18,42H,2-4,7-11,13-15,41H2,1H3,(H,43,44,45);1-2H3/t18-,34?;/m1./s1. The number of thiophene rings is 1. The third kappa shape index (κ3) is 6.06. The maximum absolute atomic E-state index is 17.1. The first-order valence-corrected chi connectivity index (χ1v) is 18.0. The van der Waals surface area contributed by atoms with Gasteiger partial charge in [-0.25, -0.2) is 8.78 Å². The second-order valence-corrected chi connectivity index (χ2v) is 14.1. The molecule has 2 aromatic carbocycles. The number of anilines is 2. The Morgan fingerprint density at radius 3 is 2.76 bits per heavy atom. The molecule has 2 fully saturated rings. The fourth-order valence-electron chi connectivity index (χ4n) is 7.42. The summed E-state index contributed by atoms with van der Waals surface area (Å²) in [7, 11) is 0. The molecule has 4 N–H and O–H groups in total. The molecule has 50 heavy (non-hydrogen) atoms. The molecule has 264 valence electrons. The van der Waals surface area contributed by atoms with E-state index in [1.165, 1.54) is 12.1 Å². The van der Waals surface area contributed by atoms with E-state index in [2.05, 4.69) is 34.1 Å². The minimum absolute atomic E-state index is 0.0214. The van der Waals surface area contributed by atoms with Crippen LogP contribution in [0, 0.1) is 23.0 Å². The Balaban J connectivity index is 0.00000212. The number of aromatic nitrogens is 2. The number of fused-ring (bicyclic) bond motifs is 2. The number of hydrogen-bond donors (Lipinski definition) is 3. The van der Waals surface area contributed by atoms with Gasteiger partial charge in [0.25, 0.3) is 6.08 Å². The number of halogens is 5. The lowest BCUT2D eigenvalue weighted by Gasteiger charge is -2.30. The largest absolute Gasteiger partial charge is 0.461 e. The van der Waals surface area contributed by atoms with Crippen LogP contribution in [0.1, 0.15) is 64.0 Å². The van der Waals surface area contributed by atoms with Crippen molar-refractivity contribution in [2.45, 2.75) is 64.5 Å². The van der Waals surface area contributed by atoms with Crippen LogP contribution in [0.3, 0.4) is 0 Å². The molecule has 7 rings (SSSR count). The maximum Gasteiger partial charge on any atom is 0.319 e. The zero-order valence-electron chi connectivity index (χ0n) is 28.1. The number of nitrogens with two attached hydrogens (primary N) is 1. The van der Waals surface area contributed by atoms with Crippen LogP contribution in [0.15, 0.2) is 30.4 Å². The van der Waals surface area contributed by atoms with Crippen LogP contribution in [-0.2, 0) is 0 Å². The minimum atomic E-state index is -1.67. The van der Waals surface area contributed by atoms with Crippen molar-refractivity contribution in [1.82, 2.24) is 20.2 Å². The molecular formula is C36H38ClF4N7OS. The first-order valence-electron chi connectivity index (χ1n) is 16.8. The zero-order chi connectivity index (χ0) is 35.9. The molecule has 4 aromatic rings. The molecule has 2 saturated heterocycles. The smallest absolute Gasteiger partial charge is 0.319 e. The topological polar surface area (TPSA) is 112 Å². The molecule has 3 aliphatic heterocycles. The van der Waals surface area contributed by atoms with E-state index in [4.69, 9.17) is 22.1 Å². The van der Waals surface area contributed by atoms with E-state index in [-0.39, 0.29) is 79.5 Å². The monoisotopic (exact) mass is 727 g/mol. The molecule has 2 aromatic heterocycles. The van der Waals surface area contributed by atoms with Crippen molar-refractivity contribution in [3.8, 4) is 23.2 Å². The maximum atomic E-state index is 17.1. The lowest BCUT2D eigenvalue weighted by molar-refractivity contribution is 0.108. The number of nitriles is 1. The molecular weight excluding hydrogens is 690 g/mol. The SMILES string of the molecule is C=C1C[C@H](CNCCC)Nc2nc(OCC34CCCN3CC(=C(F)F)C4)nc3c(F)c(-c4ccc(F)c5sc(N)c(C#N)c45)c(Cl)c1c23.CC. The van der Waals surface area contributed by atoms with E-state index in [1.54, 1.807) is 0 Å². The Morgan fingerprint density at radius 1 is 1.26 bits per heavy atom. The van der Waals surface area contributed by atoms with Crippen molar-refractivity contribution in [3.05, 3.63) is 58.1 Å². The summed E-state index contributed by atoms with van der Waals surface area (Å²) in [5.41, 5.74) is 6.61. The van der Waals surface area contributed by atoms with Gasteiger partial charge in [0.15, 0.2) is 5.82 Å². The Morgan fingerprint density at radius 2 is 2.04 bits per heavy atom. The van der Waals surface area contributed by atoms with Crippen LogP contribution in [0.25, 0.3) is 37.7 Å². The van der Waals surface area contributed by atoms with E-state index in [0.717, 1.165) is 30.7 Å². The van der Waals surface area contributed by atoms with Crippen LogP contribution in [0.2, 0.25) is 5.02 Å². The van der Waals surface area contributed by atoms with Crippen molar-refractivity contribution in [1.29, 1.82) is 5.26 Å². The Kier molecular flexibility index (Phi) is 10.3. The van der Waals surface area contributed by atoms with Gasteiger partial charge in [0.05, 0.1) is 26.2 Å².